The van der Waals surface area contributed by atoms with E-state index in [9.17, 15) is 8.42 Å². The van der Waals surface area contributed by atoms with Crippen LogP contribution in [-0.4, -0.2) is 30.8 Å². The van der Waals surface area contributed by atoms with Gasteiger partial charge in [-0.2, -0.15) is 4.31 Å². The highest BCUT2D eigenvalue weighted by atomic mass is 35.5. The zero-order chi connectivity index (χ0) is 13.9. The summed E-state index contributed by atoms with van der Waals surface area (Å²) in [7, 11) is -3.47. The molecule has 0 saturated carbocycles. The van der Waals surface area contributed by atoms with Crippen LogP contribution in [-0.2, 0) is 10.0 Å². The highest BCUT2D eigenvalue weighted by Gasteiger charge is 2.27. The average Bonchev–Trinajstić information content (AvgIpc) is 2.63. The first-order chi connectivity index (χ1) is 8.23. The minimum absolute atomic E-state index is 0.216. The van der Waals surface area contributed by atoms with E-state index >= 15 is 0 Å². The molecule has 0 saturated heterocycles. The standard InChI is InChI=1S/C11H19ClN2O2S2/c1-8(2)6-14(7-9(3)4)18(15,16)10-5-13-11(12)17-10/h5,8-9H,6-7H2,1-4H3. The summed E-state index contributed by atoms with van der Waals surface area (Å²) in [5.74, 6) is 0.559. The van der Waals surface area contributed by atoms with Crippen molar-refractivity contribution in [2.75, 3.05) is 13.1 Å². The first kappa shape index (κ1) is 15.9. The fourth-order valence-corrected chi connectivity index (χ4v) is 4.79. The van der Waals surface area contributed by atoms with Crippen molar-refractivity contribution in [2.45, 2.75) is 31.9 Å². The summed E-state index contributed by atoms with van der Waals surface area (Å²) in [6, 6.07) is 0. The minimum atomic E-state index is -3.47. The lowest BCUT2D eigenvalue weighted by molar-refractivity contribution is 0.334. The van der Waals surface area contributed by atoms with Crippen LogP contribution in [0.25, 0.3) is 0 Å². The zero-order valence-corrected chi connectivity index (χ0v) is 13.4. The highest BCUT2D eigenvalue weighted by Crippen LogP contribution is 2.26. The molecule has 0 unspecified atom stereocenters. The van der Waals surface area contributed by atoms with Crippen molar-refractivity contribution < 1.29 is 8.42 Å². The van der Waals surface area contributed by atoms with Gasteiger partial charge in [0.1, 0.15) is 0 Å². The molecule has 0 aliphatic carbocycles. The monoisotopic (exact) mass is 310 g/mol. The number of hydrogen-bond acceptors (Lipinski definition) is 4. The SMILES string of the molecule is CC(C)CN(CC(C)C)S(=O)(=O)c1cnc(Cl)s1. The van der Waals surface area contributed by atoms with E-state index in [4.69, 9.17) is 11.6 Å². The van der Waals surface area contributed by atoms with E-state index < -0.39 is 10.0 Å². The van der Waals surface area contributed by atoms with Crippen LogP contribution in [0.15, 0.2) is 10.4 Å². The third kappa shape index (κ3) is 4.19. The second-order valence-corrected chi connectivity index (χ2v) is 8.82. The van der Waals surface area contributed by atoms with Crippen molar-refractivity contribution in [3.05, 3.63) is 10.7 Å². The molecule has 0 aliphatic rings. The van der Waals surface area contributed by atoms with Crippen molar-refractivity contribution in [3.63, 3.8) is 0 Å². The maximum atomic E-state index is 12.5. The lowest BCUT2D eigenvalue weighted by Gasteiger charge is -2.24. The molecular formula is C11H19ClN2O2S2. The smallest absolute Gasteiger partial charge is 0.232 e. The summed E-state index contributed by atoms with van der Waals surface area (Å²) in [6.45, 7) is 9.03. The van der Waals surface area contributed by atoms with E-state index in [2.05, 4.69) is 4.98 Å². The summed E-state index contributed by atoms with van der Waals surface area (Å²) in [6.07, 6.45) is 1.33. The molecule has 0 amide bonds. The predicted molar refractivity (Wildman–Crippen MR) is 75.6 cm³/mol. The van der Waals surface area contributed by atoms with Crippen molar-refractivity contribution >= 4 is 33.0 Å². The van der Waals surface area contributed by atoms with Crippen LogP contribution in [0.5, 0.6) is 0 Å². The Kier molecular flexibility index (Phi) is 5.58. The van der Waals surface area contributed by atoms with Gasteiger partial charge in [0.15, 0.2) is 8.68 Å². The molecule has 104 valence electrons. The molecule has 0 atom stereocenters. The second kappa shape index (κ2) is 6.32. The summed E-state index contributed by atoms with van der Waals surface area (Å²) in [4.78, 5) is 3.80. The molecule has 0 radical (unpaired) electrons. The van der Waals surface area contributed by atoms with Gasteiger partial charge in [-0.3, -0.25) is 0 Å². The fraction of sp³-hybridized carbons (Fsp3) is 0.727. The van der Waals surface area contributed by atoms with E-state index in [1.54, 1.807) is 0 Å². The summed E-state index contributed by atoms with van der Waals surface area (Å²) < 4.78 is 26.9. The first-order valence-electron chi connectivity index (χ1n) is 5.85. The second-order valence-electron chi connectivity index (χ2n) is 5.04. The van der Waals surface area contributed by atoms with E-state index in [-0.39, 0.29) is 20.5 Å². The topological polar surface area (TPSA) is 50.3 Å². The van der Waals surface area contributed by atoms with E-state index in [1.807, 2.05) is 27.7 Å². The van der Waals surface area contributed by atoms with Crippen molar-refractivity contribution in [3.8, 4) is 0 Å². The molecule has 0 spiro atoms. The van der Waals surface area contributed by atoms with Crippen molar-refractivity contribution in [1.29, 1.82) is 0 Å². The van der Waals surface area contributed by atoms with Gasteiger partial charge in [0.05, 0.1) is 6.20 Å². The molecule has 18 heavy (non-hydrogen) atoms. The van der Waals surface area contributed by atoms with Crippen molar-refractivity contribution in [2.24, 2.45) is 11.8 Å². The number of aromatic nitrogens is 1. The van der Waals surface area contributed by atoms with Gasteiger partial charge in [-0.05, 0) is 11.8 Å². The van der Waals surface area contributed by atoms with Gasteiger partial charge in [0, 0.05) is 13.1 Å². The van der Waals surface area contributed by atoms with Crippen LogP contribution >= 0.6 is 22.9 Å². The van der Waals surface area contributed by atoms with Crippen LogP contribution in [0, 0.1) is 11.8 Å². The van der Waals surface area contributed by atoms with Gasteiger partial charge in [-0.1, -0.05) is 50.6 Å². The minimum Gasteiger partial charge on any atom is -0.232 e. The Bertz CT molecular complexity index is 473. The van der Waals surface area contributed by atoms with Crippen LogP contribution in [0.4, 0.5) is 0 Å². The normalized spacial score (nSPS) is 12.9. The lowest BCUT2D eigenvalue weighted by Crippen LogP contribution is -2.36. The van der Waals surface area contributed by atoms with Crippen LogP contribution < -0.4 is 0 Å². The number of thiazole rings is 1. The third-order valence-corrected chi connectivity index (χ3v) is 5.57. The predicted octanol–water partition coefficient (Wildman–Crippen LogP) is 3.10. The molecule has 0 fully saturated rings. The molecule has 1 aromatic heterocycles. The Balaban J connectivity index is 3.03. The molecule has 1 rings (SSSR count). The summed E-state index contributed by atoms with van der Waals surface area (Å²) in [5, 5.41) is 0. The van der Waals surface area contributed by atoms with E-state index in [0.29, 0.717) is 13.1 Å². The van der Waals surface area contributed by atoms with Gasteiger partial charge in [-0.25, -0.2) is 13.4 Å². The molecule has 1 heterocycles. The molecule has 0 aliphatic heterocycles. The third-order valence-electron chi connectivity index (χ3n) is 2.19. The number of nitrogens with zero attached hydrogens (tertiary/aromatic N) is 2. The Morgan fingerprint density at radius 3 is 2.11 bits per heavy atom. The quantitative estimate of drug-likeness (QED) is 0.811. The van der Waals surface area contributed by atoms with Crippen LogP contribution in [0.1, 0.15) is 27.7 Å². The Morgan fingerprint density at radius 1 is 1.28 bits per heavy atom. The van der Waals surface area contributed by atoms with E-state index in [1.165, 1.54) is 10.5 Å². The van der Waals surface area contributed by atoms with Crippen LogP contribution in [0.3, 0.4) is 0 Å². The number of rotatable bonds is 6. The molecular weight excluding hydrogens is 292 g/mol. The number of sulfonamides is 1. The van der Waals surface area contributed by atoms with Gasteiger partial charge in [-0.15, -0.1) is 0 Å². The number of hydrogen-bond donors (Lipinski definition) is 0. The van der Waals surface area contributed by atoms with Gasteiger partial charge in [0.25, 0.3) is 10.0 Å². The Labute approximate surface area is 118 Å². The average molecular weight is 311 g/mol. The van der Waals surface area contributed by atoms with Gasteiger partial charge < -0.3 is 0 Å². The molecule has 4 nitrogen and oxygen atoms in total. The molecule has 0 aromatic carbocycles. The zero-order valence-electron chi connectivity index (χ0n) is 11.1. The summed E-state index contributed by atoms with van der Waals surface area (Å²) in [5.41, 5.74) is 0. The highest BCUT2D eigenvalue weighted by molar-refractivity contribution is 7.91. The van der Waals surface area contributed by atoms with Crippen molar-refractivity contribution in [1.82, 2.24) is 9.29 Å². The largest absolute Gasteiger partial charge is 0.254 e. The Hall–Kier alpha value is -0.170. The fourth-order valence-electron chi connectivity index (χ4n) is 1.57. The van der Waals surface area contributed by atoms with Crippen LogP contribution in [0.2, 0.25) is 4.47 Å². The molecule has 0 bridgehead atoms. The summed E-state index contributed by atoms with van der Waals surface area (Å²) >= 11 is 6.71. The lowest BCUT2D eigenvalue weighted by atomic mass is 10.2. The molecule has 0 N–H and O–H groups in total. The maximum Gasteiger partial charge on any atom is 0.254 e. The maximum absolute atomic E-state index is 12.5. The van der Waals surface area contributed by atoms with Gasteiger partial charge in [0.2, 0.25) is 0 Å². The molecule has 1 aromatic rings. The molecule has 7 heteroatoms. The first-order valence-corrected chi connectivity index (χ1v) is 8.48. The Morgan fingerprint density at radius 2 is 1.78 bits per heavy atom. The number of halogens is 1. The van der Waals surface area contributed by atoms with E-state index in [0.717, 1.165) is 11.3 Å². The van der Waals surface area contributed by atoms with Gasteiger partial charge >= 0.3 is 0 Å².